The summed E-state index contributed by atoms with van der Waals surface area (Å²) in [7, 11) is 0. The van der Waals surface area contributed by atoms with Gasteiger partial charge in [-0.15, -0.1) is 0 Å². The van der Waals surface area contributed by atoms with Gasteiger partial charge in [0.25, 0.3) is 0 Å². The minimum Gasteiger partial charge on any atom is -0.381 e. The zero-order valence-corrected chi connectivity index (χ0v) is 17.0. The molecule has 0 aromatic carbocycles. The third-order valence-corrected chi connectivity index (χ3v) is 5.04. The van der Waals surface area contributed by atoms with E-state index in [1.165, 1.54) is 25.9 Å². The summed E-state index contributed by atoms with van der Waals surface area (Å²) < 4.78 is 17.3. The van der Waals surface area contributed by atoms with Gasteiger partial charge in [0, 0.05) is 39.4 Å². The second kappa shape index (κ2) is 10.2. The molecule has 0 aromatic rings. The predicted octanol–water partition coefficient (Wildman–Crippen LogP) is 2.79. The molecule has 0 amide bonds. The topological polar surface area (TPSA) is 34.2 Å². The van der Waals surface area contributed by atoms with Crippen LogP contribution in [0.15, 0.2) is 0 Å². The van der Waals surface area contributed by atoms with Gasteiger partial charge in [-0.3, -0.25) is 9.80 Å². The van der Waals surface area contributed by atoms with Crippen LogP contribution in [0.4, 0.5) is 0 Å². The molecule has 0 spiro atoms. The highest BCUT2D eigenvalue weighted by atomic mass is 16.5. The van der Waals surface area contributed by atoms with Crippen molar-refractivity contribution >= 4 is 0 Å². The van der Waals surface area contributed by atoms with E-state index in [0.29, 0.717) is 0 Å². The Kier molecular flexibility index (Phi) is 8.62. The van der Waals surface area contributed by atoms with Crippen LogP contribution in [-0.2, 0) is 14.2 Å². The van der Waals surface area contributed by atoms with Gasteiger partial charge in [0.15, 0.2) is 0 Å². The van der Waals surface area contributed by atoms with Crippen LogP contribution in [0.5, 0.6) is 0 Å². The molecule has 2 aliphatic rings. The molecule has 5 heteroatoms. The molecule has 0 N–H and O–H groups in total. The molecule has 5 nitrogen and oxygen atoms in total. The highest BCUT2D eigenvalue weighted by Crippen LogP contribution is 2.17. The first-order valence-corrected chi connectivity index (χ1v) is 10.2. The Bertz CT molecular complexity index is 340. The van der Waals surface area contributed by atoms with Crippen LogP contribution in [0.1, 0.15) is 53.4 Å². The summed E-state index contributed by atoms with van der Waals surface area (Å²) in [6, 6.07) is 0. The first-order valence-electron chi connectivity index (χ1n) is 10.2. The fourth-order valence-electron chi connectivity index (χ4n) is 3.79. The van der Waals surface area contributed by atoms with Crippen molar-refractivity contribution in [2.24, 2.45) is 0 Å². The molecule has 2 saturated heterocycles. The molecular formula is C20H40N2O3. The molecule has 0 radical (unpaired) electrons. The van der Waals surface area contributed by atoms with E-state index in [0.717, 1.165) is 65.4 Å². The van der Waals surface area contributed by atoms with Crippen LogP contribution < -0.4 is 0 Å². The summed E-state index contributed by atoms with van der Waals surface area (Å²) >= 11 is 0. The molecule has 25 heavy (non-hydrogen) atoms. The molecule has 2 rings (SSSR count). The average molecular weight is 357 g/mol. The number of ether oxygens (including phenoxy) is 3. The Morgan fingerprint density at radius 2 is 1.16 bits per heavy atom. The van der Waals surface area contributed by atoms with E-state index in [9.17, 15) is 0 Å². The van der Waals surface area contributed by atoms with Crippen molar-refractivity contribution in [3.63, 3.8) is 0 Å². The molecule has 2 heterocycles. The van der Waals surface area contributed by atoms with Gasteiger partial charge in [0.05, 0.1) is 24.4 Å². The fourth-order valence-corrected chi connectivity index (χ4v) is 3.79. The molecule has 0 aliphatic carbocycles. The molecule has 0 bridgehead atoms. The number of morpholine rings is 2. The number of hydrogen-bond acceptors (Lipinski definition) is 5. The van der Waals surface area contributed by atoms with Gasteiger partial charge < -0.3 is 14.2 Å². The first-order chi connectivity index (χ1) is 11.9. The fraction of sp³-hybridized carbons (Fsp3) is 1.00. The third kappa shape index (κ3) is 8.83. The van der Waals surface area contributed by atoms with E-state index in [1.807, 2.05) is 0 Å². The third-order valence-electron chi connectivity index (χ3n) is 5.04. The van der Waals surface area contributed by atoms with Crippen molar-refractivity contribution in [1.82, 2.24) is 9.80 Å². The molecular weight excluding hydrogens is 316 g/mol. The van der Waals surface area contributed by atoms with E-state index in [2.05, 4.69) is 37.5 Å². The minimum absolute atomic E-state index is 0.0183. The molecule has 0 aromatic heterocycles. The van der Waals surface area contributed by atoms with Crippen molar-refractivity contribution in [2.75, 3.05) is 65.7 Å². The summed E-state index contributed by atoms with van der Waals surface area (Å²) in [5.74, 6) is 0. The van der Waals surface area contributed by atoms with Crippen molar-refractivity contribution < 1.29 is 14.2 Å². The molecule has 0 unspecified atom stereocenters. The zero-order valence-electron chi connectivity index (χ0n) is 17.0. The number of unbranched alkanes of at least 4 members (excludes halogenated alkanes) is 2. The lowest BCUT2D eigenvalue weighted by molar-refractivity contribution is -0.0863. The molecule has 2 fully saturated rings. The van der Waals surface area contributed by atoms with Crippen LogP contribution in [0.25, 0.3) is 0 Å². The highest BCUT2D eigenvalue weighted by molar-refractivity contribution is 4.79. The SMILES string of the molecule is CC1(C)CN(CCCCOCCCCN2CCOC(C)(C)C2)CCO1. The van der Waals surface area contributed by atoms with Crippen LogP contribution in [0.2, 0.25) is 0 Å². The van der Waals surface area contributed by atoms with Crippen LogP contribution in [0.3, 0.4) is 0 Å². The average Bonchev–Trinajstić information content (AvgIpc) is 2.51. The maximum absolute atomic E-state index is 5.81. The quantitative estimate of drug-likeness (QED) is 0.562. The Morgan fingerprint density at radius 1 is 0.720 bits per heavy atom. The van der Waals surface area contributed by atoms with Crippen molar-refractivity contribution in [2.45, 2.75) is 64.6 Å². The summed E-state index contributed by atoms with van der Waals surface area (Å²) in [6.45, 7) is 18.8. The summed E-state index contributed by atoms with van der Waals surface area (Å²) in [6.07, 6.45) is 4.77. The van der Waals surface area contributed by atoms with E-state index >= 15 is 0 Å². The monoisotopic (exact) mass is 356 g/mol. The minimum atomic E-state index is 0.0183. The predicted molar refractivity (Wildman–Crippen MR) is 102 cm³/mol. The number of rotatable bonds is 10. The summed E-state index contributed by atoms with van der Waals surface area (Å²) in [4.78, 5) is 5.04. The number of hydrogen-bond donors (Lipinski definition) is 0. The van der Waals surface area contributed by atoms with Crippen LogP contribution in [0, 0.1) is 0 Å². The Morgan fingerprint density at radius 3 is 1.56 bits per heavy atom. The lowest BCUT2D eigenvalue weighted by atomic mass is 10.1. The van der Waals surface area contributed by atoms with Gasteiger partial charge in [-0.25, -0.2) is 0 Å². The summed E-state index contributed by atoms with van der Waals surface area (Å²) in [5, 5.41) is 0. The maximum Gasteiger partial charge on any atom is 0.0753 e. The van der Waals surface area contributed by atoms with E-state index in [-0.39, 0.29) is 11.2 Å². The van der Waals surface area contributed by atoms with Crippen molar-refractivity contribution in [3.05, 3.63) is 0 Å². The van der Waals surface area contributed by atoms with Gasteiger partial charge in [-0.2, -0.15) is 0 Å². The maximum atomic E-state index is 5.81. The van der Waals surface area contributed by atoms with Crippen molar-refractivity contribution in [1.29, 1.82) is 0 Å². The highest BCUT2D eigenvalue weighted by Gasteiger charge is 2.27. The largest absolute Gasteiger partial charge is 0.381 e. The Hall–Kier alpha value is -0.200. The standard InChI is InChI=1S/C20H40N2O3/c1-19(2)17-21(11-15-24-19)9-5-7-13-23-14-8-6-10-22-12-16-25-20(3,4)18-22/h5-18H2,1-4H3. The van der Waals surface area contributed by atoms with Gasteiger partial charge >= 0.3 is 0 Å². The second-order valence-electron chi connectivity index (χ2n) is 8.80. The lowest BCUT2D eigenvalue weighted by Crippen LogP contribution is -2.48. The normalized spacial score (nSPS) is 24.5. The Balaban J connectivity index is 1.39. The zero-order chi connectivity index (χ0) is 18.2. The molecule has 148 valence electrons. The van der Waals surface area contributed by atoms with E-state index in [4.69, 9.17) is 14.2 Å². The number of nitrogens with zero attached hydrogens (tertiary/aromatic N) is 2. The van der Waals surface area contributed by atoms with E-state index < -0.39 is 0 Å². The smallest absolute Gasteiger partial charge is 0.0753 e. The van der Waals surface area contributed by atoms with E-state index in [1.54, 1.807) is 0 Å². The van der Waals surface area contributed by atoms with Crippen LogP contribution >= 0.6 is 0 Å². The molecule has 2 aliphatic heterocycles. The van der Waals surface area contributed by atoms with Gasteiger partial charge in [-0.1, -0.05) is 0 Å². The molecule has 0 atom stereocenters. The summed E-state index contributed by atoms with van der Waals surface area (Å²) in [5.41, 5.74) is 0.0366. The second-order valence-corrected chi connectivity index (χ2v) is 8.80. The Labute approximate surface area is 155 Å². The lowest BCUT2D eigenvalue weighted by Gasteiger charge is -2.38. The van der Waals surface area contributed by atoms with Crippen molar-refractivity contribution in [3.8, 4) is 0 Å². The van der Waals surface area contributed by atoms with Gasteiger partial charge in [0.1, 0.15) is 0 Å². The molecule has 0 saturated carbocycles. The van der Waals surface area contributed by atoms with Crippen LogP contribution in [-0.4, -0.2) is 86.7 Å². The van der Waals surface area contributed by atoms with Gasteiger partial charge in [-0.05, 0) is 66.5 Å². The van der Waals surface area contributed by atoms with Gasteiger partial charge in [0.2, 0.25) is 0 Å². The first kappa shape index (κ1) is 21.1.